The van der Waals surface area contributed by atoms with Gasteiger partial charge in [-0.1, -0.05) is 12.1 Å². The van der Waals surface area contributed by atoms with Crippen molar-refractivity contribution in [2.45, 2.75) is 9.79 Å². The number of hydrogen-bond donors (Lipinski definition) is 4. The lowest BCUT2D eigenvalue weighted by Crippen LogP contribution is -2.34. The van der Waals surface area contributed by atoms with E-state index >= 15 is 0 Å². The van der Waals surface area contributed by atoms with Crippen LogP contribution in [0.4, 0.5) is 0 Å². The topological polar surface area (TPSA) is 163 Å². The van der Waals surface area contributed by atoms with Gasteiger partial charge in [-0.15, -0.1) is 0 Å². The molecule has 0 heterocycles. The Kier molecular flexibility index (Phi) is 6.71. The van der Waals surface area contributed by atoms with E-state index in [0.717, 1.165) is 0 Å². The minimum absolute atomic E-state index is 0.0149. The van der Waals surface area contributed by atoms with Gasteiger partial charge in [-0.3, -0.25) is 20.4 Å². The van der Waals surface area contributed by atoms with Gasteiger partial charge in [0.1, 0.15) is 16.4 Å². The third-order valence-corrected chi connectivity index (χ3v) is 5.13. The van der Waals surface area contributed by atoms with Crippen molar-refractivity contribution < 1.29 is 27.5 Å². The van der Waals surface area contributed by atoms with Crippen LogP contribution in [0.15, 0.2) is 58.3 Å². The summed E-state index contributed by atoms with van der Waals surface area (Å²) in [6.07, 6.45) is 0. The van der Waals surface area contributed by atoms with E-state index in [1.807, 2.05) is 10.9 Å². The molecule has 2 rings (SSSR count). The molecule has 0 saturated carbocycles. The second kappa shape index (κ2) is 8.98. The molecule has 0 spiro atoms. The number of hydrazine groups is 2. The first kappa shape index (κ1) is 20.2. The lowest BCUT2D eigenvalue weighted by Gasteiger charge is -2.12. The normalized spacial score (nSPS) is 10.7. The number of sulfone groups is 1. The number of carbonyl (C=O) groups excluding carboxylic acids is 2. The number of rotatable bonds is 8. The number of nitrogens with two attached hydrogens (primary N) is 2. The summed E-state index contributed by atoms with van der Waals surface area (Å²) in [5.41, 5.74) is 3.80. The Balaban J connectivity index is 2.23. The van der Waals surface area contributed by atoms with Crippen LogP contribution >= 0.6 is 0 Å². The number of nitrogens with one attached hydrogen (secondary N) is 2. The fourth-order valence-corrected chi connectivity index (χ4v) is 3.41. The highest BCUT2D eigenvalue weighted by Crippen LogP contribution is 2.30. The third-order valence-electron chi connectivity index (χ3n) is 3.32. The average Bonchev–Trinajstić information content (AvgIpc) is 2.70. The molecule has 11 heteroatoms. The summed E-state index contributed by atoms with van der Waals surface area (Å²) < 4.78 is 36.1. The molecule has 0 aliphatic carbocycles. The second-order valence-corrected chi connectivity index (χ2v) is 7.05. The standard InChI is InChI=1S/C16H18N4O6S/c17-19-15(21)9-25-11-5-7-12(8-6-11)27(23,24)14-4-2-1-3-13(14)26-10-16(22)20-18/h1-8H,9-10,17-18H2,(H,19,21)(H,20,22). The minimum Gasteiger partial charge on any atom is -0.484 e. The highest BCUT2D eigenvalue weighted by molar-refractivity contribution is 7.91. The van der Waals surface area contributed by atoms with Gasteiger partial charge in [-0.2, -0.15) is 0 Å². The van der Waals surface area contributed by atoms with Crippen molar-refractivity contribution >= 4 is 21.7 Å². The molecule has 2 aromatic rings. The molecule has 0 unspecified atom stereocenters. The fourth-order valence-electron chi connectivity index (χ4n) is 2.01. The number of carbonyl (C=O) groups is 2. The van der Waals surface area contributed by atoms with Crippen LogP contribution in [0.5, 0.6) is 11.5 Å². The van der Waals surface area contributed by atoms with Gasteiger partial charge in [-0.05, 0) is 36.4 Å². The van der Waals surface area contributed by atoms with Crippen molar-refractivity contribution in [1.82, 2.24) is 10.9 Å². The van der Waals surface area contributed by atoms with E-state index < -0.39 is 28.3 Å². The fraction of sp³-hybridized carbons (Fsp3) is 0.125. The summed E-state index contributed by atoms with van der Waals surface area (Å²) in [5, 5.41) is 0. The number of amides is 2. The average molecular weight is 394 g/mol. The maximum Gasteiger partial charge on any atom is 0.271 e. The Bertz CT molecular complexity index is 915. The summed E-state index contributed by atoms with van der Waals surface area (Å²) in [5.74, 6) is 9.09. The van der Waals surface area contributed by atoms with Gasteiger partial charge in [0.05, 0.1) is 4.90 Å². The molecule has 0 aliphatic rings. The van der Waals surface area contributed by atoms with E-state index in [4.69, 9.17) is 21.2 Å². The molecule has 0 radical (unpaired) electrons. The molecule has 0 bridgehead atoms. The number of benzene rings is 2. The zero-order valence-corrected chi connectivity index (χ0v) is 14.9. The number of para-hydroxylation sites is 1. The van der Waals surface area contributed by atoms with Crippen molar-refractivity contribution in [2.75, 3.05) is 13.2 Å². The van der Waals surface area contributed by atoms with Gasteiger partial charge in [0.2, 0.25) is 9.84 Å². The Hall–Kier alpha value is -3.15. The Morgan fingerprint density at radius 1 is 0.852 bits per heavy atom. The van der Waals surface area contributed by atoms with E-state index in [0.29, 0.717) is 5.75 Å². The summed E-state index contributed by atoms with van der Waals surface area (Å²) in [4.78, 5) is 22.2. The molecule has 2 amide bonds. The highest BCUT2D eigenvalue weighted by atomic mass is 32.2. The van der Waals surface area contributed by atoms with Crippen molar-refractivity contribution in [2.24, 2.45) is 11.7 Å². The molecular formula is C16H18N4O6S. The molecule has 0 aromatic heterocycles. The van der Waals surface area contributed by atoms with E-state index in [1.165, 1.54) is 42.5 Å². The van der Waals surface area contributed by atoms with E-state index in [9.17, 15) is 18.0 Å². The van der Waals surface area contributed by atoms with Crippen LogP contribution in [0.25, 0.3) is 0 Å². The number of ether oxygens (including phenoxy) is 2. The van der Waals surface area contributed by atoms with Gasteiger partial charge >= 0.3 is 0 Å². The van der Waals surface area contributed by atoms with E-state index in [-0.39, 0.29) is 22.1 Å². The third kappa shape index (κ3) is 5.17. The van der Waals surface area contributed by atoms with Crippen molar-refractivity contribution in [3.63, 3.8) is 0 Å². The maximum atomic E-state index is 12.9. The molecule has 0 atom stereocenters. The van der Waals surface area contributed by atoms with Gasteiger partial charge in [0.25, 0.3) is 11.8 Å². The molecule has 0 saturated heterocycles. The maximum absolute atomic E-state index is 12.9. The van der Waals surface area contributed by atoms with Gasteiger partial charge < -0.3 is 9.47 Å². The van der Waals surface area contributed by atoms with E-state index in [2.05, 4.69) is 0 Å². The first-order valence-corrected chi connectivity index (χ1v) is 9.05. The molecule has 2 aromatic carbocycles. The summed E-state index contributed by atoms with van der Waals surface area (Å²) in [7, 11) is -3.92. The molecule has 6 N–H and O–H groups in total. The SMILES string of the molecule is NNC(=O)COc1ccc(S(=O)(=O)c2ccccc2OCC(=O)NN)cc1. The molecule has 0 fully saturated rings. The Morgan fingerprint density at radius 2 is 1.41 bits per heavy atom. The molecule has 0 aliphatic heterocycles. The van der Waals surface area contributed by atoms with Crippen molar-refractivity contribution in [3.8, 4) is 11.5 Å². The van der Waals surface area contributed by atoms with Crippen molar-refractivity contribution in [3.05, 3.63) is 48.5 Å². The van der Waals surface area contributed by atoms with Crippen LogP contribution < -0.4 is 32.0 Å². The molecule has 144 valence electrons. The Labute approximate surface area is 155 Å². The van der Waals surface area contributed by atoms with Gasteiger partial charge in [0.15, 0.2) is 13.2 Å². The zero-order chi connectivity index (χ0) is 19.9. The van der Waals surface area contributed by atoms with Crippen molar-refractivity contribution in [1.29, 1.82) is 0 Å². The van der Waals surface area contributed by atoms with Crippen LogP contribution in [0.2, 0.25) is 0 Å². The zero-order valence-electron chi connectivity index (χ0n) is 14.0. The summed E-state index contributed by atoms with van der Waals surface area (Å²) in [6, 6.07) is 11.4. The van der Waals surface area contributed by atoms with E-state index in [1.54, 1.807) is 6.07 Å². The van der Waals surface area contributed by atoms with Crippen LogP contribution in [-0.4, -0.2) is 33.4 Å². The predicted molar refractivity (Wildman–Crippen MR) is 94.0 cm³/mol. The highest BCUT2D eigenvalue weighted by Gasteiger charge is 2.22. The monoisotopic (exact) mass is 394 g/mol. The van der Waals surface area contributed by atoms with Crippen LogP contribution in [-0.2, 0) is 19.4 Å². The quantitative estimate of drug-likeness (QED) is 0.258. The summed E-state index contributed by atoms with van der Waals surface area (Å²) in [6.45, 7) is -0.735. The minimum atomic E-state index is -3.92. The number of hydrogen-bond acceptors (Lipinski definition) is 8. The van der Waals surface area contributed by atoms with Crippen LogP contribution in [0.1, 0.15) is 0 Å². The second-order valence-electron chi connectivity index (χ2n) is 5.13. The lowest BCUT2D eigenvalue weighted by molar-refractivity contribution is -0.123. The smallest absolute Gasteiger partial charge is 0.271 e. The Morgan fingerprint density at radius 3 is 2.00 bits per heavy atom. The van der Waals surface area contributed by atoms with Gasteiger partial charge in [-0.25, -0.2) is 20.1 Å². The molecular weight excluding hydrogens is 376 g/mol. The molecule has 27 heavy (non-hydrogen) atoms. The first-order chi connectivity index (χ1) is 12.9. The van der Waals surface area contributed by atoms with Gasteiger partial charge in [0, 0.05) is 0 Å². The largest absolute Gasteiger partial charge is 0.484 e. The predicted octanol–water partition coefficient (Wildman–Crippen LogP) is -0.743. The van der Waals surface area contributed by atoms with Crippen LogP contribution in [0, 0.1) is 0 Å². The van der Waals surface area contributed by atoms with Crippen LogP contribution in [0.3, 0.4) is 0 Å². The lowest BCUT2D eigenvalue weighted by atomic mass is 10.3. The summed E-state index contributed by atoms with van der Waals surface area (Å²) >= 11 is 0. The first-order valence-electron chi connectivity index (χ1n) is 7.57. The molecule has 10 nitrogen and oxygen atoms in total.